The van der Waals surface area contributed by atoms with Crippen molar-refractivity contribution in [3.8, 4) is 0 Å². The maximum absolute atomic E-state index is 12.6. The predicted octanol–water partition coefficient (Wildman–Crippen LogP) is 1.51. The molecule has 1 fully saturated rings. The summed E-state index contributed by atoms with van der Waals surface area (Å²) in [4.78, 5) is 39.1. The Labute approximate surface area is 157 Å². The highest BCUT2D eigenvalue weighted by Gasteiger charge is 2.30. The van der Waals surface area contributed by atoms with Crippen LogP contribution in [0.5, 0.6) is 0 Å². The second kappa shape index (κ2) is 8.28. The molecule has 144 valence electrons. The molecule has 8 heteroatoms. The summed E-state index contributed by atoms with van der Waals surface area (Å²) in [6.07, 6.45) is 3.04. The molecule has 0 N–H and O–H groups in total. The average molecular weight is 372 g/mol. The minimum absolute atomic E-state index is 0.188. The maximum Gasteiger partial charge on any atom is 0.328 e. The summed E-state index contributed by atoms with van der Waals surface area (Å²) in [6.45, 7) is 3.93. The SMILES string of the molecule is CCC1CCCCN1C(=O)C(C)OC(=O)Cn1nnc2ccccc2c1=O. The summed E-state index contributed by atoms with van der Waals surface area (Å²) in [5, 5.41) is 8.08. The lowest BCUT2D eigenvalue weighted by molar-refractivity contribution is -0.161. The molecule has 2 atom stereocenters. The van der Waals surface area contributed by atoms with E-state index in [1.165, 1.54) is 0 Å². The molecule has 0 saturated carbocycles. The molecular weight excluding hydrogens is 348 g/mol. The highest BCUT2D eigenvalue weighted by molar-refractivity contribution is 5.84. The molecule has 1 aromatic heterocycles. The quantitative estimate of drug-likeness (QED) is 0.739. The first-order valence-corrected chi connectivity index (χ1v) is 9.33. The van der Waals surface area contributed by atoms with Crippen molar-refractivity contribution in [2.75, 3.05) is 6.54 Å². The molecule has 0 aliphatic carbocycles. The Balaban J connectivity index is 1.66. The Hall–Kier alpha value is -2.77. The van der Waals surface area contributed by atoms with Gasteiger partial charge in [0.05, 0.1) is 5.39 Å². The second-order valence-corrected chi connectivity index (χ2v) is 6.79. The van der Waals surface area contributed by atoms with E-state index < -0.39 is 17.6 Å². The number of piperidine rings is 1. The third-order valence-electron chi connectivity index (χ3n) is 4.95. The Morgan fingerprint density at radius 2 is 2.07 bits per heavy atom. The monoisotopic (exact) mass is 372 g/mol. The van der Waals surface area contributed by atoms with Gasteiger partial charge in [-0.3, -0.25) is 14.4 Å². The molecule has 1 aliphatic rings. The largest absolute Gasteiger partial charge is 0.451 e. The topological polar surface area (TPSA) is 94.4 Å². The number of ether oxygens (including phenoxy) is 1. The molecular formula is C19H24N4O4. The number of carbonyl (C=O) groups excluding carboxylic acids is 2. The number of fused-ring (bicyclic) bond motifs is 1. The van der Waals surface area contributed by atoms with Crippen LogP contribution in [-0.4, -0.2) is 50.5 Å². The van der Waals surface area contributed by atoms with Crippen LogP contribution in [-0.2, 0) is 20.9 Å². The van der Waals surface area contributed by atoms with Crippen LogP contribution in [0.3, 0.4) is 0 Å². The van der Waals surface area contributed by atoms with Gasteiger partial charge in [0.1, 0.15) is 12.1 Å². The van der Waals surface area contributed by atoms with Crippen LogP contribution in [0.2, 0.25) is 0 Å². The van der Waals surface area contributed by atoms with E-state index in [-0.39, 0.29) is 18.5 Å². The fourth-order valence-corrected chi connectivity index (χ4v) is 3.48. The van der Waals surface area contributed by atoms with Gasteiger partial charge in [0.15, 0.2) is 6.10 Å². The summed E-state index contributed by atoms with van der Waals surface area (Å²) < 4.78 is 6.23. The van der Waals surface area contributed by atoms with Crippen LogP contribution in [0.1, 0.15) is 39.5 Å². The first-order chi connectivity index (χ1) is 13.0. The van der Waals surface area contributed by atoms with Crippen molar-refractivity contribution in [1.82, 2.24) is 19.9 Å². The van der Waals surface area contributed by atoms with Crippen molar-refractivity contribution in [2.45, 2.75) is 58.2 Å². The van der Waals surface area contributed by atoms with Crippen LogP contribution >= 0.6 is 0 Å². The van der Waals surface area contributed by atoms with Crippen molar-refractivity contribution >= 4 is 22.8 Å². The van der Waals surface area contributed by atoms with E-state index in [4.69, 9.17) is 4.74 Å². The third-order valence-corrected chi connectivity index (χ3v) is 4.95. The zero-order valence-corrected chi connectivity index (χ0v) is 15.6. The fourth-order valence-electron chi connectivity index (χ4n) is 3.48. The Morgan fingerprint density at radius 3 is 2.85 bits per heavy atom. The Bertz CT molecular complexity index is 895. The molecule has 2 unspecified atom stereocenters. The predicted molar refractivity (Wildman–Crippen MR) is 99.0 cm³/mol. The molecule has 2 aromatic rings. The molecule has 0 spiro atoms. The number of amides is 1. The van der Waals surface area contributed by atoms with Gasteiger partial charge in [0.2, 0.25) is 0 Å². The van der Waals surface area contributed by atoms with Gasteiger partial charge in [-0.15, -0.1) is 5.10 Å². The van der Waals surface area contributed by atoms with Crippen molar-refractivity contribution in [2.24, 2.45) is 0 Å². The zero-order valence-electron chi connectivity index (χ0n) is 15.6. The lowest BCUT2D eigenvalue weighted by Gasteiger charge is -2.36. The molecule has 1 aromatic carbocycles. The van der Waals surface area contributed by atoms with Gasteiger partial charge >= 0.3 is 5.97 Å². The van der Waals surface area contributed by atoms with Gasteiger partial charge in [0.25, 0.3) is 11.5 Å². The number of nitrogens with zero attached hydrogens (tertiary/aromatic N) is 4. The lowest BCUT2D eigenvalue weighted by Crippen LogP contribution is -2.48. The lowest BCUT2D eigenvalue weighted by atomic mass is 9.99. The minimum Gasteiger partial charge on any atom is -0.451 e. The molecule has 0 radical (unpaired) electrons. The minimum atomic E-state index is -0.895. The second-order valence-electron chi connectivity index (χ2n) is 6.79. The summed E-state index contributed by atoms with van der Waals surface area (Å²) >= 11 is 0. The highest BCUT2D eigenvalue weighted by Crippen LogP contribution is 2.20. The van der Waals surface area contributed by atoms with Gasteiger partial charge in [-0.25, -0.2) is 0 Å². The van der Waals surface area contributed by atoms with Gasteiger partial charge in [-0.2, -0.15) is 4.68 Å². The number of benzene rings is 1. The Kier molecular flexibility index (Phi) is 5.83. The zero-order chi connectivity index (χ0) is 19.4. The molecule has 1 aliphatic heterocycles. The number of aromatic nitrogens is 3. The summed E-state index contributed by atoms with van der Waals surface area (Å²) in [6, 6.07) is 6.98. The van der Waals surface area contributed by atoms with Gasteiger partial charge in [-0.05, 0) is 44.7 Å². The summed E-state index contributed by atoms with van der Waals surface area (Å²) in [5.74, 6) is -0.876. The van der Waals surface area contributed by atoms with E-state index in [0.29, 0.717) is 17.4 Å². The summed E-state index contributed by atoms with van der Waals surface area (Å²) in [5.41, 5.74) is 0.0463. The summed E-state index contributed by atoms with van der Waals surface area (Å²) in [7, 11) is 0. The van der Waals surface area contributed by atoms with Crippen molar-refractivity contribution in [3.05, 3.63) is 34.6 Å². The standard InChI is InChI=1S/C19H24N4O4/c1-3-14-8-6-7-11-22(14)18(25)13(2)27-17(24)12-23-19(26)15-9-4-5-10-16(15)20-21-23/h4-5,9-10,13-14H,3,6-8,11-12H2,1-2H3. The fraction of sp³-hybridized carbons (Fsp3) is 0.526. The normalized spacial score (nSPS) is 18.3. The molecule has 1 amide bonds. The molecule has 1 saturated heterocycles. The van der Waals surface area contributed by atoms with E-state index >= 15 is 0 Å². The number of carbonyl (C=O) groups is 2. The van der Waals surface area contributed by atoms with Crippen LogP contribution in [0.4, 0.5) is 0 Å². The molecule has 27 heavy (non-hydrogen) atoms. The highest BCUT2D eigenvalue weighted by atomic mass is 16.5. The van der Waals surface area contributed by atoms with E-state index in [1.807, 2.05) is 4.90 Å². The van der Waals surface area contributed by atoms with Crippen LogP contribution in [0.15, 0.2) is 29.1 Å². The molecule has 3 rings (SSSR count). The number of hydrogen-bond acceptors (Lipinski definition) is 6. The van der Waals surface area contributed by atoms with Crippen LogP contribution in [0.25, 0.3) is 10.9 Å². The Morgan fingerprint density at radius 1 is 1.30 bits per heavy atom. The van der Waals surface area contributed by atoms with Gasteiger partial charge in [0, 0.05) is 12.6 Å². The van der Waals surface area contributed by atoms with Gasteiger partial charge < -0.3 is 9.64 Å². The van der Waals surface area contributed by atoms with E-state index in [2.05, 4.69) is 17.2 Å². The van der Waals surface area contributed by atoms with Crippen LogP contribution in [0, 0.1) is 0 Å². The smallest absolute Gasteiger partial charge is 0.328 e. The van der Waals surface area contributed by atoms with Gasteiger partial charge in [-0.1, -0.05) is 24.3 Å². The number of rotatable bonds is 5. The number of esters is 1. The molecule has 8 nitrogen and oxygen atoms in total. The molecule has 2 heterocycles. The first-order valence-electron chi connectivity index (χ1n) is 9.33. The van der Waals surface area contributed by atoms with Crippen molar-refractivity contribution in [1.29, 1.82) is 0 Å². The van der Waals surface area contributed by atoms with Crippen LogP contribution < -0.4 is 5.56 Å². The number of hydrogen-bond donors (Lipinski definition) is 0. The van der Waals surface area contributed by atoms with E-state index in [0.717, 1.165) is 30.4 Å². The third kappa shape index (κ3) is 4.15. The molecule has 0 bridgehead atoms. The van der Waals surface area contributed by atoms with E-state index in [9.17, 15) is 14.4 Å². The average Bonchev–Trinajstić information content (AvgIpc) is 2.69. The first kappa shape index (κ1) is 19.0. The maximum atomic E-state index is 12.6. The van der Waals surface area contributed by atoms with Crippen molar-refractivity contribution < 1.29 is 14.3 Å². The van der Waals surface area contributed by atoms with E-state index in [1.54, 1.807) is 31.2 Å². The van der Waals surface area contributed by atoms with Crippen molar-refractivity contribution in [3.63, 3.8) is 0 Å². The number of likely N-dealkylation sites (tertiary alicyclic amines) is 1.